The molecule has 0 radical (unpaired) electrons. The minimum Gasteiger partial charge on any atom is -0.383 e. The second kappa shape index (κ2) is 9.58. The van der Waals surface area contributed by atoms with Crippen LogP contribution >= 0.6 is 0 Å². The van der Waals surface area contributed by atoms with Gasteiger partial charge in [-0.1, -0.05) is 6.07 Å². The Hall–Kier alpha value is -2.84. The van der Waals surface area contributed by atoms with Crippen molar-refractivity contribution in [3.8, 4) is 11.3 Å². The van der Waals surface area contributed by atoms with Crippen molar-refractivity contribution in [2.24, 2.45) is 0 Å². The lowest BCUT2D eigenvalue weighted by Crippen LogP contribution is -2.24. The lowest BCUT2D eigenvalue weighted by molar-refractivity contribution is -0.109. The summed E-state index contributed by atoms with van der Waals surface area (Å²) in [4.78, 5) is 22.0. The second-order valence-corrected chi connectivity index (χ2v) is 7.64. The molecule has 3 rings (SSSR count). The van der Waals surface area contributed by atoms with E-state index in [1.165, 1.54) is 0 Å². The first-order valence-corrected chi connectivity index (χ1v) is 9.87. The molecule has 0 aliphatic carbocycles. The van der Waals surface area contributed by atoms with E-state index in [-0.39, 0.29) is 12.1 Å². The van der Waals surface area contributed by atoms with E-state index >= 15 is 0 Å². The molecule has 154 valence electrons. The highest BCUT2D eigenvalue weighted by Crippen LogP contribution is 2.28. The van der Waals surface area contributed by atoms with Crippen LogP contribution in [0.5, 0.6) is 0 Å². The molecular formula is C21H29N7O. The van der Waals surface area contributed by atoms with E-state index in [0.717, 1.165) is 49.3 Å². The van der Waals surface area contributed by atoms with Crippen molar-refractivity contribution in [2.45, 2.75) is 31.3 Å². The second-order valence-electron chi connectivity index (χ2n) is 7.64. The molecule has 1 saturated heterocycles. The first-order valence-electron chi connectivity index (χ1n) is 9.87. The van der Waals surface area contributed by atoms with Crippen molar-refractivity contribution < 1.29 is 4.79 Å². The van der Waals surface area contributed by atoms with E-state index < -0.39 is 0 Å². The molecule has 2 atom stereocenters. The van der Waals surface area contributed by atoms with E-state index in [9.17, 15) is 4.79 Å². The van der Waals surface area contributed by atoms with Crippen molar-refractivity contribution in [3.63, 3.8) is 0 Å². The summed E-state index contributed by atoms with van der Waals surface area (Å²) in [6.07, 6.45) is 4.83. The summed E-state index contributed by atoms with van der Waals surface area (Å²) in [7, 11) is 4.04. The Morgan fingerprint density at radius 2 is 2.24 bits per heavy atom. The fraction of sp³-hybridized carbons (Fsp3) is 0.429. The molecular weight excluding hydrogens is 366 g/mol. The maximum absolute atomic E-state index is 10.9. The quantitative estimate of drug-likeness (QED) is 0.377. The molecule has 0 aromatic carbocycles. The van der Waals surface area contributed by atoms with E-state index in [0.29, 0.717) is 23.5 Å². The van der Waals surface area contributed by atoms with Gasteiger partial charge in [0.25, 0.3) is 0 Å². The van der Waals surface area contributed by atoms with Gasteiger partial charge >= 0.3 is 0 Å². The number of hydrogen-bond donors (Lipinski definition) is 4. The monoisotopic (exact) mass is 395 g/mol. The number of carbonyl (C=O) groups excluding carboxylic acids is 1. The summed E-state index contributed by atoms with van der Waals surface area (Å²) in [6.45, 7) is 1.63. The predicted octanol–water partition coefficient (Wildman–Crippen LogP) is 1.78. The zero-order valence-electron chi connectivity index (χ0n) is 17.0. The third-order valence-corrected chi connectivity index (χ3v) is 5.02. The largest absolute Gasteiger partial charge is 0.383 e. The van der Waals surface area contributed by atoms with Crippen molar-refractivity contribution in [1.29, 1.82) is 5.41 Å². The molecule has 3 heterocycles. The first kappa shape index (κ1) is 20.9. The molecule has 0 saturated carbocycles. The number of nitrogens with zero attached hydrogens (tertiary/aromatic N) is 3. The van der Waals surface area contributed by atoms with Crippen molar-refractivity contribution >= 4 is 23.6 Å². The van der Waals surface area contributed by atoms with Crippen LogP contribution in [0.4, 0.5) is 11.6 Å². The van der Waals surface area contributed by atoms with Crippen molar-refractivity contribution in [1.82, 2.24) is 20.2 Å². The zero-order chi connectivity index (χ0) is 20.8. The fourth-order valence-corrected chi connectivity index (χ4v) is 3.56. The first-order chi connectivity index (χ1) is 14.0. The number of aromatic nitrogens is 2. The number of nitrogens with two attached hydrogens (primary N) is 1. The van der Waals surface area contributed by atoms with Crippen LogP contribution in [-0.4, -0.2) is 66.1 Å². The highest BCUT2D eigenvalue weighted by molar-refractivity contribution is 6.07. The van der Waals surface area contributed by atoms with E-state index in [4.69, 9.17) is 16.1 Å². The maximum atomic E-state index is 10.9. The third-order valence-electron chi connectivity index (χ3n) is 5.02. The van der Waals surface area contributed by atoms with E-state index in [1.807, 2.05) is 38.4 Å². The fourth-order valence-electron chi connectivity index (χ4n) is 3.56. The van der Waals surface area contributed by atoms with Gasteiger partial charge in [-0.2, -0.15) is 0 Å². The van der Waals surface area contributed by atoms with Crippen LogP contribution in [-0.2, 0) is 4.79 Å². The Morgan fingerprint density at radius 1 is 1.41 bits per heavy atom. The molecule has 29 heavy (non-hydrogen) atoms. The number of hydrogen-bond acceptors (Lipinski definition) is 8. The number of nitrogen functional groups attached to an aromatic ring is 1. The molecule has 2 aromatic rings. The standard InChI is InChI=1S/C21H29N7O/c1-28(2)10-4-5-17(22)20-16(8-9-24-21(20)23)18-6-3-7-19(27-18)26-14-11-15(13-29)25-12-14/h3,6-9,13-15,22,25H,4-5,10-12H2,1-2H3,(H2,23,24)(H,26,27). The lowest BCUT2D eigenvalue weighted by Gasteiger charge is -2.16. The van der Waals surface area contributed by atoms with Crippen LogP contribution in [0.2, 0.25) is 0 Å². The Kier molecular flexibility index (Phi) is 6.90. The normalized spacial score (nSPS) is 18.7. The summed E-state index contributed by atoms with van der Waals surface area (Å²) in [5.74, 6) is 1.09. The number of anilines is 2. The molecule has 0 amide bonds. The Labute approximate surface area is 171 Å². The van der Waals surface area contributed by atoms with Gasteiger partial charge in [0, 0.05) is 35.6 Å². The van der Waals surface area contributed by atoms with Gasteiger partial charge < -0.3 is 31.5 Å². The van der Waals surface area contributed by atoms with Gasteiger partial charge in [-0.05, 0) is 58.1 Å². The Balaban J connectivity index is 1.80. The van der Waals surface area contributed by atoms with Gasteiger partial charge in [-0.3, -0.25) is 0 Å². The number of rotatable bonds is 9. The van der Waals surface area contributed by atoms with Crippen molar-refractivity contribution in [3.05, 3.63) is 36.0 Å². The molecule has 2 aromatic heterocycles. The minimum atomic E-state index is -0.107. The number of aldehydes is 1. The van der Waals surface area contributed by atoms with Gasteiger partial charge in [-0.15, -0.1) is 0 Å². The van der Waals surface area contributed by atoms with Crippen LogP contribution < -0.4 is 16.4 Å². The molecule has 1 aliphatic heterocycles. The zero-order valence-corrected chi connectivity index (χ0v) is 17.0. The Morgan fingerprint density at radius 3 is 2.97 bits per heavy atom. The molecule has 8 heteroatoms. The van der Waals surface area contributed by atoms with Gasteiger partial charge in [0.15, 0.2) is 0 Å². The van der Waals surface area contributed by atoms with Crippen molar-refractivity contribution in [2.75, 3.05) is 38.2 Å². The number of pyridine rings is 2. The van der Waals surface area contributed by atoms with Crippen LogP contribution in [0.3, 0.4) is 0 Å². The minimum absolute atomic E-state index is 0.107. The van der Waals surface area contributed by atoms with E-state index in [2.05, 4.69) is 20.5 Å². The molecule has 8 nitrogen and oxygen atoms in total. The smallest absolute Gasteiger partial charge is 0.136 e. The molecule has 2 unspecified atom stereocenters. The van der Waals surface area contributed by atoms with Gasteiger partial charge in [0.1, 0.15) is 17.9 Å². The number of carbonyl (C=O) groups is 1. The van der Waals surface area contributed by atoms with Gasteiger partial charge in [-0.25, -0.2) is 9.97 Å². The SMILES string of the molecule is CN(C)CCCC(=N)c1c(-c2cccc(NC3CNC(C=O)C3)n2)ccnc1N. The van der Waals surface area contributed by atoms with Crippen LogP contribution in [0.15, 0.2) is 30.5 Å². The average molecular weight is 396 g/mol. The lowest BCUT2D eigenvalue weighted by atomic mass is 9.98. The molecule has 1 aliphatic rings. The summed E-state index contributed by atoms with van der Waals surface area (Å²) in [5, 5.41) is 15.1. The summed E-state index contributed by atoms with van der Waals surface area (Å²) in [6, 6.07) is 7.66. The maximum Gasteiger partial charge on any atom is 0.136 e. The highest BCUT2D eigenvalue weighted by atomic mass is 16.1. The molecule has 5 N–H and O–H groups in total. The topological polar surface area (TPSA) is 120 Å². The van der Waals surface area contributed by atoms with Crippen LogP contribution in [0.25, 0.3) is 11.3 Å². The average Bonchev–Trinajstić information content (AvgIpc) is 3.15. The molecule has 0 bridgehead atoms. The predicted molar refractivity (Wildman–Crippen MR) is 116 cm³/mol. The van der Waals surface area contributed by atoms with Crippen LogP contribution in [0, 0.1) is 5.41 Å². The van der Waals surface area contributed by atoms with E-state index in [1.54, 1.807) is 6.20 Å². The van der Waals surface area contributed by atoms with Crippen LogP contribution in [0.1, 0.15) is 24.8 Å². The molecule has 1 fully saturated rings. The van der Waals surface area contributed by atoms with Gasteiger partial charge in [0.05, 0.1) is 11.7 Å². The number of nitrogens with one attached hydrogen (secondary N) is 3. The third kappa shape index (κ3) is 5.36. The Bertz CT molecular complexity index is 868. The molecule has 0 spiro atoms. The van der Waals surface area contributed by atoms with Gasteiger partial charge in [0.2, 0.25) is 0 Å². The summed E-state index contributed by atoms with van der Waals surface area (Å²) >= 11 is 0. The summed E-state index contributed by atoms with van der Waals surface area (Å²) in [5.41, 5.74) is 8.83. The highest BCUT2D eigenvalue weighted by Gasteiger charge is 2.23. The summed E-state index contributed by atoms with van der Waals surface area (Å²) < 4.78 is 0.